The van der Waals surface area contributed by atoms with E-state index in [2.05, 4.69) is 12.2 Å². The zero-order valence-electron chi connectivity index (χ0n) is 12.1. The number of benzene rings is 1. The van der Waals surface area contributed by atoms with E-state index >= 15 is 0 Å². The van der Waals surface area contributed by atoms with E-state index in [-0.39, 0.29) is 5.92 Å². The third-order valence-electron chi connectivity index (χ3n) is 4.12. The van der Waals surface area contributed by atoms with Gasteiger partial charge in [-0.2, -0.15) is 13.2 Å². The fourth-order valence-corrected chi connectivity index (χ4v) is 3.04. The maximum absolute atomic E-state index is 13.3. The number of hydrogen-bond donors (Lipinski definition) is 1. The standard InChI is InChI=1S/C16H21F4N/c1-2-8-21-13-5-3-4-11(9-13)12-6-7-15(17)14(10-12)16(18,19)20/h6-7,10-11,13,21H,2-5,8-9H2,1H3. The first-order valence-corrected chi connectivity index (χ1v) is 7.51. The Morgan fingerprint density at radius 2 is 2.00 bits per heavy atom. The fraction of sp³-hybridized carbons (Fsp3) is 0.625. The lowest BCUT2D eigenvalue weighted by Crippen LogP contribution is -2.34. The molecule has 0 radical (unpaired) electrons. The molecule has 2 unspecified atom stereocenters. The van der Waals surface area contributed by atoms with Crippen molar-refractivity contribution >= 4 is 0 Å². The van der Waals surface area contributed by atoms with Crippen molar-refractivity contribution in [2.24, 2.45) is 0 Å². The highest BCUT2D eigenvalue weighted by molar-refractivity contribution is 5.30. The smallest absolute Gasteiger partial charge is 0.314 e. The van der Waals surface area contributed by atoms with Gasteiger partial charge in [0, 0.05) is 6.04 Å². The molecule has 1 aliphatic rings. The first-order chi connectivity index (χ1) is 9.91. The van der Waals surface area contributed by atoms with Gasteiger partial charge in [-0.1, -0.05) is 19.4 Å². The van der Waals surface area contributed by atoms with Gasteiger partial charge >= 0.3 is 6.18 Å². The Morgan fingerprint density at radius 1 is 1.24 bits per heavy atom. The first-order valence-electron chi connectivity index (χ1n) is 7.51. The summed E-state index contributed by atoms with van der Waals surface area (Å²) in [5, 5.41) is 3.43. The molecule has 2 atom stereocenters. The molecule has 0 saturated heterocycles. The van der Waals surface area contributed by atoms with Crippen molar-refractivity contribution in [2.75, 3.05) is 6.54 Å². The Hall–Kier alpha value is -1.10. The van der Waals surface area contributed by atoms with Gasteiger partial charge in [-0.15, -0.1) is 0 Å². The van der Waals surface area contributed by atoms with Crippen LogP contribution < -0.4 is 5.32 Å². The van der Waals surface area contributed by atoms with Crippen LogP contribution in [0.25, 0.3) is 0 Å². The second-order valence-corrected chi connectivity index (χ2v) is 5.75. The van der Waals surface area contributed by atoms with Gasteiger partial charge in [-0.05, 0) is 55.8 Å². The van der Waals surface area contributed by atoms with Crippen LogP contribution >= 0.6 is 0 Å². The van der Waals surface area contributed by atoms with Crippen LogP contribution in [0.4, 0.5) is 17.6 Å². The Morgan fingerprint density at radius 3 is 2.67 bits per heavy atom. The fourth-order valence-electron chi connectivity index (χ4n) is 3.04. The molecule has 1 fully saturated rings. The first kappa shape index (κ1) is 16.3. The number of hydrogen-bond acceptors (Lipinski definition) is 1. The van der Waals surface area contributed by atoms with Crippen LogP contribution in [0.15, 0.2) is 18.2 Å². The molecular weight excluding hydrogens is 282 g/mol. The second-order valence-electron chi connectivity index (χ2n) is 5.75. The number of nitrogens with one attached hydrogen (secondary N) is 1. The molecule has 21 heavy (non-hydrogen) atoms. The van der Waals surface area contributed by atoms with Crippen molar-refractivity contribution in [1.82, 2.24) is 5.32 Å². The molecular formula is C16H21F4N. The monoisotopic (exact) mass is 303 g/mol. The van der Waals surface area contributed by atoms with Crippen molar-refractivity contribution < 1.29 is 17.6 Å². The number of rotatable bonds is 4. The zero-order valence-corrected chi connectivity index (χ0v) is 12.1. The van der Waals surface area contributed by atoms with Crippen LogP contribution in [0.1, 0.15) is 56.1 Å². The summed E-state index contributed by atoms with van der Waals surface area (Å²) in [6, 6.07) is 3.78. The summed E-state index contributed by atoms with van der Waals surface area (Å²) in [6.45, 7) is 3.01. The molecule has 1 aliphatic carbocycles. The Bertz CT molecular complexity index is 470. The van der Waals surface area contributed by atoms with Crippen LogP contribution in [0.5, 0.6) is 0 Å². The summed E-state index contributed by atoms with van der Waals surface area (Å²) >= 11 is 0. The molecule has 5 heteroatoms. The van der Waals surface area contributed by atoms with Crippen molar-refractivity contribution in [3.8, 4) is 0 Å². The predicted octanol–water partition coefficient (Wildman–Crippen LogP) is 4.87. The molecule has 0 spiro atoms. The van der Waals surface area contributed by atoms with Gasteiger partial charge in [0.05, 0.1) is 5.56 Å². The van der Waals surface area contributed by atoms with Crippen molar-refractivity contribution in [2.45, 2.75) is 57.2 Å². The largest absolute Gasteiger partial charge is 0.419 e. The lowest BCUT2D eigenvalue weighted by Gasteiger charge is -2.30. The molecule has 1 nitrogen and oxygen atoms in total. The molecule has 0 bridgehead atoms. The molecule has 0 aromatic heterocycles. The SMILES string of the molecule is CCCNC1CCCC(c2ccc(F)c(C(F)(F)F)c2)C1. The lowest BCUT2D eigenvalue weighted by atomic mass is 9.81. The summed E-state index contributed by atoms with van der Waals surface area (Å²) in [5.74, 6) is -1.11. The van der Waals surface area contributed by atoms with E-state index in [4.69, 9.17) is 0 Å². The van der Waals surface area contributed by atoms with Crippen LogP contribution in [0.3, 0.4) is 0 Å². The Balaban J connectivity index is 2.14. The van der Waals surface area contributed by atoms with E-state index in [9.17, 15) is 17.6 Å². The van der Waals surface area contributed by atoms with Gasteiger partial charge in [0.25, 0.3) is 0 Å². The second kappa shape index (κ2) is 6.77. The summed E-state index contributed by atoms with van der Waals surface area (Å²) in [5.41, 5.74) is -0.546. The molecule has 1 aromatic carbocycles. The summed E-state index contributed by atoms with van der Waals surface area (Å²) < 4.78 is 51.7. The number of halogens is 4. The Labute approximate surface area is 122 Å². The molecule has 0 aliphatic heterocycles. The van der Waals surface area contributed by atoms with Crippen molar-refractivity contribution in [3.05, 3.63) is 35.1 Å². The van der Waals surface area contributed by atoms with E-state index in [0.717, 1.165) is 50.8 Å². The van der Waals surface area contributed by atoms with Crippen LogP contribution in [0, 0.1) is 5.82 Å². The minimum atomic E-state index is -4.63. The maximum Gasteiger partial charge on any atom is 0.419 e. The van der Waals surface area contributed by atoms with Crippen LogP contribution in [0.2, 0.25) is 0 Å². The molecule has 2 rings (SSSR count). The van der Waals surface area contributed by atoms with Gasteiger partial charge in [0.2, 0.25) is 0 Å². The topological polar surface area (TPSA) is 12.0 Å². The highest BCUT2D eigenvalue weighted by Crippen LogP contribution is 2.37. The summed E-state index contributed by atoms with van der Waals surface area (Å²) in [6.07, 6.45) is 0.148. The molecule has 0 amide bonds. The Kier molecular flexibility index (Phi) is 5.25. The van der Waals surface area contributed by atoms with Crippen molar-refractivity contribution in [3.63, 3.8) is 0 Å². The van der Waals surface area contributed by atoms with Crippen LogP contribution in [-0.4, -0.2) is 12.6 Å². The normalized spacial score (nSPS) is 23.3. The van der Waals surface area contributed by atoms with E-state index in [1.807, 2.05) is 0 Å². The lowest BCUT2D eigenvalue weighted by molar-refractivity contribution is -0.140. The molecule has 1 saturated carbocycles. The van der Waals surface area contributed by atoms with Gasteiger partial charge in [-0.25, -0.2) is 4.39 Å². The molecule has 1 aromatic rings. The third kappa shape index (κ3) is 4.19. The minimum absolute atomic E-state index is 0.0785. The third-order valence-corrected chi connectivity index (χ3v) is 4.12. The maximum atomic E-state index is 13.3. The molecule has 1 N–H and O–H groups in total. The average molecular weight is 303 g/mol. The van der Waals surface area contributed by atoms with E-state index < -0.39 is 17.6 Å². The predicted molar refractivity (Wildman–Crippen MR) is 74.7 cm³/mol. The average Bonchev–Trinajstić information content (AvgIpc) is 2.44. The summed E-state index contributed by atoms with van der Waals surface area (Å²) in [7, 11) is 0. The van der Waals surface area contributed by atoms with Gasteiger partial charge in [0.1, 0.15) is 5.82 Å². The van der Waals surface area contributed by atoms with Crippen molar-refractivity contribution in [1.29, 1.82) is 0 Å². The quantitative estimate of drug-likeness (QED) is 0.782. The van der Waals surface area contributed by atoms with Crippen LogP contribution in [-0.2, 0) is 6.18 Å². The van der Waals surface area contributed by atoms with E-state index in [1.165, 1.54) is 6.07 Å². The van der Waals surface area contributed by atoms with E-state index in [1.54, 1.807) is 0 Å². The highest BCUT2D eigenvalue weighted by atomic mass is 19.4. The van der Waals surface area contributed by atoms with Gasteiger partial charge in [-0.3, -0.25) is 0 Å². The zero-order chi connectivity index (χ0) is 15.5. The summed E-state index contributed by atoms with van der Waals surface area (Å²) in [4.78, 5) is 0. The highest BCUT2D eigenvalue weighted by Gasteiger charge is 2.35. The minimum Gasteiger partial charge on any atom is -0.314 e. The van der Waals surface area contributed by atoms with Gasteiger partial charge in [0.15, 0.2) is 0 Å². The molecule has 0 heterocycles. The van der Waals surface area contributed by atoms with Gasteiger partial charge < -0.3 is 5.32 Å². The number of alkyl halides is 3. The molecule has 118 valence electrons. The van der Waals surface area contributed by atoms with E-state index in [0.29, 0.717) is 11.6 Å².